The average molecular weight is 266 g/mol. The number of alkyl halides is 2. The molecule has 19 heavy (non-hydrogen) atoms. The molecule has 1 unspecified atom stereocenters. The van der Waals surface area contributed by atoms with Crippen molar-refractivity contribution in [2.24, 2.45) is 0 Å². The van der Waals surface area contributed by atoms with Gasteiger partial charge in [0, 0.05) is 12.6 Å². The van der Waals surface area contributed by atoms with E-state index in [0.717, 1.165) is 0 Å². The lowest BCUT2D eigenvalue weighted by atomic mass is 10.1. The van der Waals surface area contributed by atoms with E-state index in [2.05, 4.69) is 5.32 Å². The molecular weight excluding hydrogens is 254 g/mol. The van der Waals surface area contributed by atoms with Crippen molar-refractivity contribution in [2.45, 2.75) is 12.5 Å². The van der Waals surface area contributed by atoms with E-state index in [1.54, 1.807) is 24.3 Å². The van der Waals surface area contributed by atoms with Gasteiger partial charge in [-0.1, -0.05) is 12.1 Å². The Kier molecular flexibility index (Phi) is 5.64. The van der Waals surface area contributed by atoms with Gasteiger partial charge in [-0.3, -0.25) is 4.79 Å². The lowest BCUT2D eigenvalue weighted by Crippen LogP contribution is -2.34. The molecule has 0 aliphatic rings. The summed E-state index contributed by atoms with van der Waals surface area (Å²) < 4.78 is 23.9. The Morgan fingerprint density at radius 1 is 1.42 bits per heavy atom. The van der Waals surface area contributed by atoms with Crippen LogP contribution in [0.2, 0.25) is 0 Å². The highest BCUT2D eigenvalue weighted by Crippen LogP contribution is 2.05. The molecule has 0 fully saturated rings. The Hall–Kier alpha value is -2.26. The molecule has 0 aromatic heterocycles. The number of aliphatic hydroxyl groups is 1. The SMILES string of the molecule is N#Cc1ccc(/C=C/C(=O)NCC(O)C(F)F)cc1. The third-order valence-electron chi connectivity index (χ3n) is 2.24. The largest absolute Gasteiger partial charge is 0.385 e. The van der Waals surface area contributed by atoms with Crippen LogP contribution in [0.25, 0.3) is 6.08 Å². The van der Waals surface area contributed by atoms with E-state index in [0.29, 0.717) is 11.1 Å². The number of hydrogen-bond acceptors (Lipinski definition) is 3. The molecule has 1 amide bonds. The Bertz CT molecular complexity index is 492. The van der Waals surface area contributed by atoms with Crippen molar-refractivity contribution in [3.63, 3.8) is 0 Å². The zero-order valence-electron chi connectivity index (χ0n) is 9.88. The van der Waals surface area contributed by atoms with Crippen molar-refractivity contribution in [3.8, 4) is 6.07 Å². The molecule has 4 nitrogen and oxygen atoms in total. The number of aliphatic hydroxyl groups excluding tert-OH is 1. The standard InChI is InChI=1S/C13H12F2N2O2/c14-13(15)11(18)8-17-12(19)6-5-9-1-3-10(7-16)4-2-9/h1-6,11,13,18H,8H2,(H,17,19)/b6-5+. The van der Waals surface area contributed by atoms with E-state index in [4.69, 9.17) is 10.4 Å². The lowest BCUT2D eigenvalue weighted by molar-refractivity contribution is -0.117. The summed E-state index contributed by atoms with van der Waals surface area (Å²) in [7, 11) is 0. The molecular formula is C13H12F2N2O2. The molecule has 0 aliphatic carbocycles. The van der Waals surface area contributed by atoms with Crippen LogP contribution in [0, 0.1) is 11.3 Å². The second-order valence-electron chi connectivity index (χ2n) is 3.71. The number of nitriles is 1. The number of carbonyl (C=O) groups excluding carboxylic acids is 1. The first kappa shape index (κ1) is 14.8. The number of benzene rings is 1. The zero-order valence-corrected chi connectivity index (χ0v) is 9.88. The summed E-state index contributed by atoms with van der Waals surface area (Å²) in [5.74, 6) is -0.580. The molecule has 0 bridgehead atoms. The molecule has 2 N–H and O–H groups in total. The minimum atomic E-state index is -2.89. The topological polar surface area (TPSA) is 73.1 Å². The molecule has 0 saturated heterocycles. The van der Waals surface area contributed by atoms with E-state index < -0.39 is 25.0 Å². The quantitative estimate of drug-likeness (QED) is 0.789. The molecule has 0 saturated carbocycles. The van der Waals surface area contributed by atoms with E-state index in [1.165, 1.54) is 12.2 Å². The summed E-state index contributed by atoms with van der Waals surface area (Å²) in [6, 6.07) is 8.45. The van der Waals surface area contributed by atoms with Gasteiger partial charge in [0.2, 0.25) is 5.91 Å². The van der Waals surface area contributed by atoms with Crippen LogP contribution in [-0.2, 0) is 4.79 Å². The first-order valence-corrected chi connectivity index (χ1v) is 5.45. The van der Waals surface area contributed by atoms with Crippen LogP contribution in [0.3, 0.4) is 0 Å². The van der Waals surface area contributed by atoms with Crippen LogP contribution >= 0.6 is 0 Å². The van der Waals surface area contributed by atoms with Gasteiger partial charge in [0.1, 0.15) is 6.10 Å². The predicted octanol–water partition coefficient (Wildman–Crippen LogP) is 1.31. The average Bonchev–Trinajstić information content (AvgIpc) is 2.42. The molecule has 0 heterocycles. The Morgan fingerprint density at radius 3 is 2.58 bits per heavy atom. The monoisotopic (exact) mass is 266 g/mol. The fourth-order valence-electron chi connectivity index (χ4n) is 1.19. The van der Waals surface area contributed by atoms with Gasteiger partial charge in [-0.25, -0.2) is 8.78 Å². The summed E-state index contributed by atoms with van der Waals surface area (Å²) >= 11 is 0. The third kappa shape index (κ3) is 5.27. The maximum Gasteiger partial charge on any atom is 0.265 e. The first-order valence-electron chi connectivity index (χ1n) is 5.45. The predicted molar refractivity (Wildman–Crippen MR) is 65.2 cm³/mol. The van der Waals surface area contributed by atoms with Gasteiger partial charge in [-0.15, -0.1) is 0 Å². The van der Waals surface area contributed by atoms with Crippen molar-refractivity contribution in [3.05, 3.63) is 41.5 Å². The summed E-state index contributed by atoms with van der Waals surface area (Å²) in [4.78, 5) is 11.3. The maximum absolute atomic E-state index is 12.0. The van der Waals surface area contributed by atoms with Gasteiger partial charge in [-0.2, -0.15) is 5.26 Å². The minimum Gasteiger partial charge on any atom is -0.385 e. The second-order valence-corrected chi connectivity index (χ2v) is 3.71. The van der Waals surface area contributed by atoms with Crippen molar-refractivity contribution in [2.75, 3.05) is 6.54 Å². The highest BCUT2D eigenvalue weighted by Gasteiger charge is 2.16. The zero-order chi connectivity index (χ0) is 14.3. The van der Waals surface area contributed by atoms with Gasteiger partial charge in [0.25, 0.3) is 6.43 Å². The van der Waals surface area contributed by atoms with Crippen LogP contribution in [0.1, 0.15) is 11.1 Å². The molecule has 1 rings (SSSR count). The molecule has 0 spiro atoms. The summed E-state index contributed by atoms with van der Waals surface area (Å²) in [5, 5.41) is 19.5. The number of halogens is 2. The second kappa shape index (κ2) is 7.24. The van der Waals surface area contributed by atoms with Gasteiger partial charge in [-0.05, 0) is 23.8 Å². The lowest BCUT2D eigenvalue weighted by Gasteiger charge is -2.08. The highest BCUT2D eigenvalue weighted by molar-refractivity contribution is 5.91. The molecule has 100 valence electrons. The van der Waals surface area contributed by atoms with Gasteiger partial charge < -0.3 is 10.4 Å². The van der Waals surface area contributed by atoms with Crippen LogP contribution in [0.4, 0.5) is 8.78 Å². The summed E-state index contributed by atoms with van der Waals surface area (Å²) in [5.41, 5.74) is 1.20. The Morgan fingerprint density at radius 2 is 2.05 bits per heavy atom. The number of hydrogen-bond donors (Lipinski definition) is 2. The van der Waals surface area contributed by atoms with Crippen molar-refractivity contribution >= 4 is 12.0 Å². The fourth-order valence-corrected chi connectivity index (χ4v) is 1.19. The molecule has 1 aromatic carbocycles. The van der Waals surface area contributed by atoms with Crippen LogP contribution in [-0.4, -0.2) is 30.1 Å². The molecule has 0 radical (unpaired) electrons. The van der Waals surface area contributed by atoms with Crippen molar-refractivity contribution in [1.82, 2.24) is 5.32 Å². The van der Waals surface area contributed by atoms with Gasteiger partial charge in [0.05, 0.1) is 11.6 Å². The number of carbonyl (C=O) groups is 1. The van der Waals surface area contributed by atoms with Crippen LogP contribution < -0.4 is 5.32 Å². The molecule has 1 aromatic rings. The number of nitrogens with one attached hydrogen (secondary N) is 1. The van der Waals surface area contributed by atoms with Crippen molar-refractivity contribution in [1.29, 1.82) is 5.26 Å². The number of amides is 1. The van der Waals surface area contributed by atoms with Crippen LogP contribution in [0.5, 0.6) is 0 Å². The first-order chi connectivity index (χ1) is 9.02. The summed E-state index contributed by atoms with van der Waals surface area (Å²) in [6.45, 7) is -0.506. The van der Waals surface area contributed by atoms with E-state index >= 15 is 0 Å². The van der Waals surface area contributed by atoms with E-state index in [1.807, 2.05) is 6.07 Å². The fraction of sp³-hybridized carbons (Fsp3) is 0.231. The smallest absolute Gasteiger partial charge is 0.265 e. The van der Waals surface area contributed by atoms with E-state index in [9.17, 15) is 13.6 Å². The highest BCUT2D eigenvalue weighted by atomic mass is 19.3. The molecule has 1 atom stereocenters. The Balaban J connectivity index is 2.47. The number of rotatable bonds is 5. The minimum absolute atomic E-state index is 0.502. The summed E-state index contributed by atoms with van der Waals surface area (Å²) in [6.07, 6.45) is -2.11. The van der Waals surface area contributed by atoms with Gasteiger partial charge in [0.15, 0.2) is 0 Å². The Labute approximate surface area is 109 Å². The van der Waals surface area contributed by atoms with Gasteiger partial charge >= 0.3 is 0 Å². The third-order valence-corrected chi connectivity index (χ3v) is 2.24. The van der Waals surface area contributed by atoms with Crippen LogP contribution in [0.15, 0.2) is 30.3 Å². The normalized spacial score (nSPS) is 12.4. The molecule has 6 heteroatoms. The number of nitrogens with zero attached hydrogens (tertiary/aromatic N) is 1. The van der Waals surface area contributed by atoms with E-state index in [-0.39, 0.29) is 0 Å². The molecule has 0 aliphatic heterocycles. The van der Waals surface area contributed by atoms with Crippen molar-refractivity contribution < 1.29 is 18.7 Å². The maximum atomic E-state index is 12.0.